The Hall–Kier alpha value is 0.250. The minimum atomic E-state index is 0. The topological polar surface area (TPSA) is 0 Å². The Morgan fingerprint density at radius 2 is 0.439 bits per heavy atom. The van der Waals surface area contributed by atoms with Gasteiger partial charge in [-0.25, -0.2) is 0 Å². The van der Waals surface area contributed by atoms with Gasteiger partial charge < -0.3 is 16.9 Å². The molecule has 1 nitrogen and oxygen atoms in total. The van der Waals surface area contributed by atoms with Crippen LogP contribution in [-0.4, -0.2) is 31.2 Å². The smallest absolute Gasteiger partial charge is 0.0784 e. The molecule has 0 N–H and O–H groups in total. The zero-order chi connectivity index (χ0) is 29.2. The maximum absolute atomic E-state index is 2.52. The largest absolute Gasteiger partial charge is 1.00 e. The second-order valence-corrected chi connectivity index (χ2v) is 14.0. The van der Waals surface area contributed by atoms with Crippen LogP contribution in [0.15, 0.2) is 0 Å². The lowest BCUT2D eigenvalue weighted by molar-refractivity contribution is -0.908. The Morgan fingerprint density at radius 3 is 0.610 bits per heavy atom. The van der Waals surface area contributed by atoms with Crippen molar-refractivity contribution in [1.82, 2.24) is 0 Å². The van der Waals surface area contributed by atoms with E-state index in [1.165, 1.54) is 230 Å². The van der Waals surface area contributed by atoms with E-state index in [-0.39, 0.29) is 12.4 Å². The third kappa shape index (κ3) is 34.6. The van der Waals surface area contributed by atoms with Crippen LogP contribution in [0.5, 0.6) is 0 Å². The fourth-order valence-corrected chi connectivity index (χ4v) is 6.51. The molecular weight excluding hydrogens is 518 g/mol. The van der Waals surface area contributed by atoms with E-state index in [0.717, 1.165) is 0 Å². The fraction of sp³-hybridized carbons (Fsp3) is 1.00. The van der Waals surface area contributed by atoms with Crippen LogP contribution in [0.4, 0.5) is 0 Å². The highest BCUT2D eigenvalue weighted by Gasteiger charge is 2.17. The molecule has 2 heteroatoms. The molecule has 0 amide bonds. The summed E-state index contributed by atoms with van der Waals surface area (Å²) >= 11 is 0. The molecule has 0 aromatic rings. The Kier molecular flexibility index (Phi) is 38.6. The molecule has 0 aromatic carbocycles. The molecule has 0 aromatic heterocycles. The maximum Gasteiger partial charge on any atom is 0.0784 e. The summed E-state index contributed by atoms with van der Waals surface area (Å²) in [6, 6.07) is 0. The van der Waals surface area contributed by atoms with Crippen LogP contribution in [-0.2, 0) is 0 Å². The molecule has 0 saturated carbocycles. The summed E-state index contributed by atoms with van der Waals surface area (Å²) in [5.74, 6) is 0. The van der Waals surface area contributed by atoms with Crippen LogP contribution < -0.4 is 12.4 Å². The highest BCUT2D eigenvalue weighted by Crippen LogP contribution is 2.17. The molecule has 0 saturated heterocycles. The molecule has 0 fully saturated rings. The van der Waals surface area contributed by atoms with E-state index in [4.69, 9.17) is 0 Å². The summed E-state index contributed by atoms with van der Waals surface area (Å²) in [6.45, 7) is 11.2. The summed E-state index contributed by atoms with van der Waals surface area (Å²) in [5.41, 5.74) is 0. The Labute approximate surface area is 269 Å². The van der Waals surface area contributed by atoms with Crippen molar-refractivity contribution in [2.75, 3.05) is 26.7 Å². The zero-order valence-electron chi connectivity index (χ0n) is 29.6. The molecule has 250 valence electrons. The summed E-state index contributed by atoms with van der Waals surface area (Å²) < 4.78 is 1.32. The van der Waals surface area contributed by atoms with Crippen molar-refractivity contribution in [3.8, 4) is 0 Å². The predicted molar refractivity (Wildman–Crippen MR) is 186 cm³/mol. The van der Waals surface area contributed by atoms with Crippen molar-refractivity contribution < 1.29 is 16.9 Å². The molecule has 41 heavy (non-hydrogen) atoms. The predicted octanol–water partition coefficient (Wildman–Crippen LogP) is 11.0. The monoisotopic (exact) mass is 600 g/mol. The minimum absolute atomic E-state index is 0. The third-order valence-corrected chi connectivity index (χ3v) is 9.87. The first-order valence-electron chi connectivity index (χ1n) is 19.5. The SMILES string of the molecule is CCCCCCCCCCCCCCCCCC[N+](C)(CC)CCCCCCCCCCCCCCCCCC.[Cl-]. The van der Waals surface area contributed by atoms with Crippen molar-refractivity contribution in [2.45, 2.75) is 226 Å². The van der Waals surface area contributed by atoms with Crippen molar-refractivity contribution in [1.29, 1.82) is 0 Å². The first-order chi connectivity index (χ1) is 19.7. The number of quaternary nitrogens is 1. The highest BCUT2D eigenvalue weighted by atomic mass is 35.5. The molecule has 0 rings (SSSR count). The average molecular weight is 601 g/mol. The van der Waals surface area contributed by atoms with E-state index in [1.807, 2.05) is 0 Å². The molecule has 0 aliphatic carbocycles. The molecule has 0 radical (unpaired) electrons. The second kappa shape index (κ2) is 36.4. The molecule has 0 unspecified atom stereocenters. The van der Waals surface area contributed by atoms with Crippen molar-refractivity contribution in [3.05, 3.63) is 0 Å². The summed E-state index contributed by atoms with van der Waals surface area (Å²) in [5, 5.41) is 0. The molecule has 0 bridgehead atoms. The van der Waals surface area contributed by atoms with Crippen LogP contribution in [0.25, 0.3) is 0 Å². The quantitative estimate of drug-likeness (QED) is 0.0502. The lowest BCUT2D eigenvalue weighted by atomic mass is 10.0. The van der Waals surface area contributed by atoms with Crippen molar-refractivity contribution in [2.24, 2.45) is 0 Å². The summed E-state index contributed by atoms with van der Waals surface area (Å²) in [7, 11) is 2.52. The lowest BCUT2D eigenvalue weighted by Gasteiger charge is -2.33. The number of nitrogens with zero attached hydrogens (tertiary/aromatic N) is 1. The number of hydrogen-bond acceptors (Lipinski definition) is 0. The zero-order valence-corrected chi connectivity index (χ0v) is 30.3. The summed E-state index contributed by atoms with van der Waals surface area (Å²) in [6.07, 6.45) is 47.0. The van der Waals surface area contributed by atoms with E-state index < -0.39 is 0 Å². The van der Waals surface area contributed by atoms with Gasteiger partial charge in [-0.3, -0.25) is 0 Å². The first-order valence-corrected chi connectivity index (χ1v) is 19.5. The van der Waals surface area contributed by atoms with Crippen molar-refractivity contribution >= 4 is 0 Å². The van der Waals surface area contributed by atoms with Gasteiger partial charge in [-0.2, -0.15) is 0 Å². The van der Waals surface area contributed by atoms with Gasteiger partial charge in [-0.15, -0.1) is 0 Å². The van der Waals surface area contributed by atoms with Crippen LogP contribution in [0.2, 0.25) is 0 Å². The van der Waals surface area contributed by atoms with Crippen LogP contribution in [0.1, 0.15) is 226 Å². The van der Waals surface area contributed by atoms with Gasteiger partial charge in [-0.1, -0.05) is 194 Å². The molecule has 0 aliphatic heterocycles. The van der Waals surface area contributed by atoms with Crippen LogP contribution in [0.3, 0.4) is 0 Å². The first kappa shape index (κ1) is 43.4. The van der Waals surface area contributed by atoms with Gasteiger partial charge in [-0.05, 0) is 32.6 Å². The van der Waals surface area contributed by atoms with Gasteiger partial charge >= 0.3 is 0 Å². The lowest BCUT2D eigenvalue weighted by Crippen LogP contribution is -3.00. The fourth-order valence-electron chi connectivity index (χ4n) is 6.51. The van der Waals surface area contributed by atoms with E-state index >= 15 is 0 Å². The molecular formula is C39H82ClN. The molecule has 0 atom stereocenters. The second-order valence-electron chi connectivity index (χ2n) is 14.0. The third-order valence-electron chi connectivity index (χ3n) is 9.87. The van der Waals surface area contributed by atoms with Gasteiger partial charge in [0, 0.05) is 0 Å². The van der Waals surface area contributed by atoms with Crippen LogP contribution in [0, 0.1) is 0 Å². The standard InChI is InChI=1S/C39H82N.ClH/c1-5-8-10-12-14-16-18-20-22-24-26-28-30-32-34-36-38-40(4,7-3)39-37-35-33-31-29-27-25-23-21-19-17-15-13-11-9-6-2;/h5-39H2,1-4H3;1H/q+1;/p-1. The van der Waals surface area contributed by atoms with Gasteiger partial charge in [0.25, 0.3) is 0 Å². The number of halogens is 1. The van der Waals surface area contributed by atoms with Gasteiger partial charge in [0.15, 0.2) is 0 Å². The average Bonchev–Trinajstić information content (AvgIpc) is 2.96. The minimum Gasteiger partial charge on any atom is -1.00 e. The van der Waals surface area contributed by atoms with E-state index in [1.54, 1.807) is 0 Å². The number of rotatable bonds is 35. The number of hydrogen-bond donors (Lipinski definition) is 0. The van der Waals surface area contributed by atoms with E-state index in [2.05, 4.69) is 27.8 Å². The Morgan fingerprint density at radius 1 is 0.268 bits per heavy atom. The van der Waals surface area contributed by atoms with Gasteiger partial charge in [0.05, 0.1) is 26.7 Å². The van der Waals surface area contributed by atoms with E-state index in [0.29, 0.717) is 0 Å². The van der Waals surface area contributed by atoms with Crippen molar-refractivity contribution in [3.63, 3.8) is 0 Å². The van der Waals surface area contributed by atoms with Crippen LogP contribution >= 0.6 is 0 Å². The Balaban J connectivity index is 0. The summed E-state index contributed by atoms with van der Waals surface area (Å²) in [4.78, 5) is 0. The molecule has 0 heterocycles. The van der Waals surface area contributed by atoms with Gasteiger partial charge in [0.1, 0.15) is 0 Å². The normalized spacial score (nSPS) is 11.7. The molecule has 0 aliphatic rings. The number of unbranched alkanes of at least 4 members (excludes halogenated alkanes) is 30. The molecule has 0 spiro atoms. The highest BCUT2D eigenvalue weighted by molar-refractivity contribution is 4.52. The maximum atomic E-state index is 2.52. The van der Waals surface area contributed by atoms with E-state index in [9.17, 15) is 0 Å². The Bertz CT molecular complexity index is 415. The van der Waals surface area contributed by atoms with Gasteiger partial charge in [0.2, 0.25) is 0 Å².